The topological polar surface area (TPSA) is 55.1 Å². The van der Waals surface area contributed by atoms with Crippen LogP contribution in [0.2, 0.25) is 5.02 Å². The molecule has 0 radical (unpaired) electrons. The van der Waals surface area contributed by atoms with Crippen molar-refractivity contribution in [1.29, 1.82) is 0 Å². The minimum atomic E-state index is -0.765. The molecule has 1 atom stereocenters. The van der Waals surface area contributed by atoms with Crippen molar-refractivity contribution in [3.63, 3.8) is 0 Å². The summed E-state index contributed by atoms with van der Waals surface area (Å²) in [6.45, 7) is 3.70. The van der Waals surface area contributed by atoms with Crippen molar-refractivity contribution in [2.45, 2.75) is 26.5 Å². The Morgan fingerprint density at radius 2 is 1.95 bits per heavy atom. The van der Waals surface area contributed by atoms with Crippen LogP contribution in [-0.2, 0) is 6.54 Å². The number of nitrogens with zero attached hydrogens (tertiary/aromatic N) is 2. The molecular formula is C14H15ClN2O2. The summed E-state index contributed by atoms with van der Waals surface area (Å²) >= 11 is 5.79. The highest BCUT2D eigenvalue weighted by molar-refractivity contribution is 6.30. The van der Waals surface area contributed by atoms with Crippen LogP contribution in [-0.4, -0.2) is 14.7 Å². The largest absolute Gasteiger partial charge is 0.387 e. The minimum absolute atomic E-state index is 0.125. The van der Waals surface area contributed by atoms with Gasteiger partial charge in [-0.3, -0.25) is 9.36 Å². The Morgan fingerprint density at radius 3 is 2.58 bits per heavy atom. The Balaban J connectivity index is 2.24. The molecule has 1 aromatic carbocycles. The van der Waals surface area contributed by atoms with Gasteiger partial charge < -0.3 is 5.11 Å². The molecule has 1 N–H and O–H groups in total. The van der Waals surface area contributed by atoms with E-state index < -0.39 is 6.10 Å². The molecule has 0 spiro atoms. The van der Waals surface area contributed by atoms with Gasteiger partial charge in [0.15, 0.2) is 0 Å². The van der Waals surface area contributed by atoms with E-state index in [1.807, 2.05) is 0 Å². The van der Waals surface area contributed by atoms with Gasteiger partial charge in [-0.05, 0) is 31.5 Å². The van der Waals surface area contributed by atoms with E-state index in [0.717, 1.165) is 5.56 Å². The van der Waals surface area contributed by atoms with Crippen LogP contribution in [0.5, 0.6) is 0 Å². The normalized spacial score (nSPS) is 12.4. The third-order valence-corrected chi connectivity index (χ3v) is 3.39. The van der Waals surface area contributed by atoms with Gasteiger partial charge in [0.25, 0.3) is 5.56 Å². The summed E-state index contributed by atoms with van der Waals surface area (Å²) in [6, 6.07) is 6.90. The molecule has 2 aromatic rings. The Bertz CT molecular complexity index is 635. The second kappa shape index (κ2) is 5.55. The lowest BCUT2D eigenvalue weighted by Crippen LogP contribution is -2.26. The van der Waals surface area contributed by atoms with Crippen molar-refractivity contribution in [2.24, 2.45) is 0 Å². The number of rotatable bonds is 3. The Morgan fingerprint density at radius 1 is 1.32 bits per heavy atom. The van der Waals surface area contributed by atoms with E-state index in [2.05, 4.69) is 4.98 Å². The number of halogens is 1. The zero-order chi connectivity index (χ0) is 14.0. The zero-order valence-corrected chi connectivity index (χ0v) is 11.6. The van der Waals surface area contributed by atoms with Crippen molar-refractivity contribution < 1.29 is 5.11 Å². The molecule has 0 saturated carbocycles. The van der Waals surface area contributed by atoms with Gasteiger partial charge in [0.2, 0.25) is 0 Å². The van der Waals surface area contributed by atoms with Gasteiger partial charge in [0.1, 0.15) is 0 Å². The molecule has 0 fully saturated rings. The number of hydrogen-bond donors (Lipinski definition) is 1. The molecule has 0 aliphatic heterocycles. The van der Waals surface area contributed by atoms with Crippen LogP contribution in [0, 0.1) is 13.8 Å². The summed E-state index contributed by atoms with van der Waals surface area (Å²) in [4.78, 5) is 16.1. The summed E-state index contributed by atoms with van der Waals surface area (Å²) in [5.74, 6) is 0. The lowest BCUT2D eigenvalue weighted by atomic mass is 10.1. The first kappa shape index (κ1) is 13.8. The molecule has 1 aromatic heterocycles. The Hall–Kier alpha value is -1.65. The predicted octanol–water partition coefficient (Wildman–Crippen LogP) is 2.25. The van der Waals surface area contributed by atoms with E-state index in [1.54, 1.807) is 38.1 Å². The Kier molecular flexibility index (Phi) is 4.02. The van der Waals surface area contributed by atoms with Crippen molar-refractivity contribution in [1.82, 2.24) is 9.55 Å². The van der Waals surface area contributed by atoms with Crippen molar-refractivity contribution >= 4 is 11.6 Å². The van der Waals surface area contributed by atoms with Crippen molar-refractivity contribution in [3.05, 3.63) is 62.8 Å². The first-order valence-corrected chi connectivity index (χ1v) is 6.33. The van der Waals surface area contributed by atoms with Crippen molar-refractivity contribution in [3.8, 4) is 0 Å². The molecule has 0 bridgehead atoms. The summed E-state index contributed by atoms with van der Waals surface area (Å²) in [5, 5.41) is 10.7. The number of hydrogen-bond acceptors (Lipinski definition) is 3. The molecule has 100 valence electrons. The highest BCUT2D eigenvalue weighted by atomic mass is 35.5. The third-order valence-electron chi connectivity index (χ3n) is 3.14. The van der Waals surface area contributed by atoms with E-state index in [4.69, 9.17) is 11.6 Å². The smallest absolute Gasteiger partial charge is 0.256 e. The quantitative estimate of drug-likeness (QED) is 0.937. The van der Waals surface area contributed by atoms with Crippen molar-refractivity contribution in [2.75, 3.05) is 0 Å². The SMILES string of the molecule is Cc1ncn(C[C@H](O)c2ccc(Cl)cc2)c(=O)c1C. The van der Waals surface area contributed by atoms with Gasteiger partial charge in [-0.2, -0.15) is 0 Å². The average Bonchev–Trinajstić information content (AvgIpc) is 2.40. The standard InChI is InChI=1S/C14H15ClN2O2/c1-9-10(2)16-8-17(14(9)19)7-13(18)11-3-5-12(15)6-4-11/h3-6,8,13,18H,7H2,1-2H3/t13-/m0/s1. The first-order valence-electron chi connectivity index (χ1n) is 5.95. The second-order valence-electron chi connectivity index (χ2n) is 4.48. The molecule has 4 nitrogen and oxygen atoms in total. The maximum Gasteiger partial charge on any atom is 0.256 e. The average molecular weight is 279 g/mol. The lowest BCUT2D eigenvalue weighted by Gasteiger charge is -2.13. The fourth-order valence-electron chi connectivity index (χ4n) is 1.78. The predicted molar refractivity (Wildman–Crippen MR) is 74.4 cm³/mol. The molecule has 1 heterocycles. The van der Waals surface area contributed by atoms with Crippen LogP contribution in [0.4, 0.5) is 0 Å². The van der Waals surface area contributed by atoms with Gasteiger partial charge in [-0.25, -0.2) is 4.98 Å². The highest BCUT2D eigenvalue weighted by Gasteiger charge is 2.11. The molecule has 0 amide bonds. The number of aliphatic hydroxyl groups is 1. The van der Waals surface area contributed by atoms with E-state index in [0.29, 0.717) is 16.3 Å². The second-order valence-corrected chi connectivity index (χ2v) is 4.92. The summed E-state index contributed by atoms with van der Waals surface area (Å²) < 4.78 is 1.42. The van der Waals surface area contributed by atoms with Crippen LogP contribution < -0.4 is 5.56 Å². The maximum atomic E-state index is 12.0. The fraction of sp³-hybridized carbons (Fsp3) is 0.286. The molecule has 0 aliphatic carbocycles. The van der Waals surface area contributed by atoms with Crippen LogP contribution in [0.15, 0.2) is 35.4 Å². The number of aromatic nitrogens is 2. The van der Waals surface area contributed by atoms with Crippen LogP contribution in [0.3, 0.4) is 0 Å². The van der Waals surface area contributed by atoms with E-state index in [9.17, 15) is 9.90 Å². The van der Waals surface area contributed by atoms with Gasteiger partial charge in [-0.1, -0.05) is 23.7 Å². The third kappa shape index (κ3) is 3.03. The van der Waals surface area contributed by atoms with E-state index in [1.165, 1.54) is 10.9 Å². The van der Waals surface area contributed by atoms with Crippen LogP contribution in [0.25, 0.3) is 0 Å². The first-order chi connectivity index (χ1) is 8.99. The van der Waals surface area contributed by atoms with Crippen LogP contribution >= 0.6 is 11.6 Å². The summed E-state index contributed by atoms with van der Waals surface area (Å²) in [7, 11) is 0. The van der Waals surface area contributed by atoms with Gasteiger partial charge >= 0.3 is 0 Å². The molecule has 0 aliphatic rings. The Labute approximate surface area is 116 Å². The van der Waals surface area contributed by atoms with Gasteiger partial charge in [-0.15, -0.1) is 0 Å². The summed E-state index contributed by atoms with van der Waals surface area (Å²) in [6.07, 6.45) is 0.697. The minimum Gasteiger partial charge on any atom is -0.387 e. The summed E-state index contributed by atoms with van der Waals surface area (Å²) in [5.41, 5.74) is 1.91. The monoisotopic (exact) mass is 278 g/mol. The molecule has 2 rings (SSSR count). The molecule has 5 heteroatoms. The van der Waals surface area contributed by atoms with Crippen LogP contribution in [0.1, 0.15) is 22.9 Å². The molecular weight excluding hydrogens is 264 g/mol. The number of benzene rings is 1. The highest BCUT2D eigenvalue weighted by Crippen LogP contribution is 2.17. The van der Waals surface area contributed by atoms with E-state index in [-0.39, 0.29) is 12.1 Å². The van der Waals surface area contributed by atoms with Gasteiger partial charge in [0, 0.05) is 16.3 Å². The van der Waals surface area contributed by atoms with E-state index >= 15 is 0 Å². The molecule has 0 unspecified atom stereocenters. The van der Waals surface area contributed by atoms with Gasteiger partial charge in [0.05, 0.1) is 19.0 Å². The number of aryl methyl sites for hydroxylation is 1. The zero-order valence-electron chi connectivity index (χ0n) is 10.8. The lowest BCUT2D eigenvalue weighted by molar-refractivity contribution is 0.154. The molecule has 0 saturated heterocycles. The molecule has 19 heavy (non-hydrogen) atoms. The fourth-order valence-corrected chi connectivity index (χ4v) is 1.91. The maximum absolute atomic E-state index is 12.0. The number of aliphatic hydroxyl groups excluding tert-OH is 1.